The fourth-order valence-electron chi connectivity index (χ4n) is 3.05. The number of hydrogen-bond acceptors (Lipinski definition) is 3. The molecular formula is C20H21Cl2N3O2. The number of piperazine rings is 1. The molecule has 0 atom stereocenters. The maximum absolute atomic E-state index is 12.4. The molecule has 27 heavy (non-hydrogen) atoms. The Bertz CT molecular complexity index is 820. The van der Waals surface area contributed by atoms with Gasteiger partial charge in [-0.05, 0) is 29.8 Å². The number of nitrogens with one attached hydrogen (secondary N) is 1. The minimum absolute atomic E-state index is 0.000448. The van der Waals surface area contributed by atoms with Gasteiger partial charge < -0.3 is 15.1 Å². The summed E-state index contributed by atoms with van der Waals surface area (Å²) in [6.45, 7) is 2.71. The van der Waals surface area contributed by atoms with E-state index >= 15 is 0 Å². The molecule has 2 amide bonds. The molecule has 1 heterocycles. The van der Waals surface area contributed by atoms with E-state index in [2.05, 4.69) is 10.2 Å². The molecule has 1 N–H and O–H groups in total. The summed E-state index contributed by atoms with van der Waals surface area (Å²) in [5.41, 5.74) is 1.81. The number of rotatable bonds is 5. The smallest absolute Gasteiger partial charge is 0.242 e. The summed E-state index contributed by atoms with van der Waals surface area (Å²) in [5, 5.41) is 3.94. The number of halogens is 2. The predicted octanol–water partition coefficient (Wildman–Crippen LogP) is 3.00. The molecule has 0 radical (unpaired) electrons. The minimum Gasteiger partial charge on any atom is -0.368 e. The second-order valence-corrected chi connectivity index (χ2v) is 7.24. The second kappa shape index (κ2) is 9.11. The number of carbonyl (C=O) groups is 2. The lowest BCUT2D eigenvalue weighted by atomic mass is 10.1. The topological polar surface area (TPSA) is 52.7 Å². The van der Waals surface area contributed by atoms with Crippen LogP contribution < -0.4 is 10.2 Å². The van der Waals surface area contributed by atoms with E-state index in [-0.39, 0.29) is 24.8 Å². The van der Waals surface area contributed by atoms with E-state index in [1.54, 1.807) is 17.0 Å². The Morgan fingerprint density at radius 3 is 2.41 bits per heavy atom. The van der Waals surface area contributed by atoms with Gasteiger partial charge in [0.15, 0.2) is 0 Å². The maximum Gasteiger partial charge on any atom is 0.242 e. The van der Waals surface area contributed by atoms with Crippen molar-refractivity contribution >= 4 is 40.7 Å². The lowest BCUT2D eigenvalue weighted by molar-refractivity contribution is -0.133. The van der Waals surface area contributed by atoms with Crippen LogP contribution in [0.1, 0.15) is 5.56 Å². The van der Waals surface area contributed by atoms with Crippen molar-refractivity contribution in [1.29, 1.82) is 0 Å². The van der Waals surface area contributed by atoms with Crippen LogP contribution in [0.3, 0.4) is 0 Å². The zero-order valence-electron chi connectivity index (χ0n) is 14.8. The van der Waals surface area contributed by atoms with Crippen molar-refractivity contribution in [2.24, 2.45) is 0 Å². The van der Waals surface area contributed by atoms with E-state index in [1.165, 1.54) is 0 Å². The normalized spacial score (nSPS) is 14.1. The average molecular weight is 406 g/mol. The Balaban J connectivity index is 1.44. The zero-order chi connectivity index (χ0) is 19.2. The zero-order valence-corrected chi connectivity index (χ0v) is 16.3. The summed E-state index contributed by atoms with van der Waals surface area (Å²) in [5.74, 6) is -0.290. The number of nitrogens with zero attached hydrogens (tertiary/aromatic N) is 2. The molecule has 1 aliphatic heterocycles. The third kappa shape index (κ3) is 5.37. The van der Waals surface area contributed by atoms with E-state index in [4.69, 9.17) is 23.2 Å². The largest absolute Gasteiger partial charge is 0.368 e. The van der Waals surface area contributed by atoms with Crippen molar-refractivity contribution in [2.45, 2.75) is 6.42 Å². The summed E-state index contributed by atoms with van der Waals surface area (Å²) >= 11 is 12.1. The second-order valence-electron chi connectivity index (χ2n) is 6.39. The molecule has 0 unspecified atom stereocenters. The Hall–Kier alpha value is -2.24. The van der Waals surface area contributed by atoms with E-state index in [1.807, 2.05) is 36.4 Å². The number of amides is 2. The van der Waals surface area contributed by atoms with E-state index < -0.39 is 0 Å². The number of benzene rings is 2. The highest BCUT2D eigenvalue weighted by atomic mass is 35.5. The van der Waals surface area contributed by atoms with Gasteiger partial charge in [0.1, 0.15) is 0 Å². The Labute approximate surface area is 168 Å². The summed E-state index contributed by atoms with van der Waals surface area (Å²) in [7, 11) is 0. The molecule has 0 aromatic heterocycles. The SMILES string of the molecule is O=C(Cc1ccccc1Cl)NCC(=O)N1CCN(c2cccc(Cl)c2)CC1. The van der Waals surface area contributed by atoms with Gasteiger partial charge in [-0.1, -0.05) is 47.5 Å². The monoisotopic (exact) mass is 405 g/mol. The molecule has 1 aliphatic rings. The molecule has 5 nitrogen and oxygen atoms in total. The van der Waals surface area contributed by atoms with Crippen LogP contribution in [0.15, 0.2) is 48.5 Å². The Kier molecular flexibility index (Phi) is 6.58. The van der Waals surface area contributed by atoms with E-state index in [0.29, 0.717) is 23.1 Å². The van der Waals surface area contributed by atoms with Gasteiger partial charge in [-0.2, -0.15) is 0 Å². The first-order valence-electron chi connectivity index (χ1n) is 8.81. The molecule has 3 rings (SSSR count). The van der Waals surface area contributed by atoms with Gasteiger partial charge in [-0.3, -0.25) is 9.59 Å². The molecule has 0 aliphatic carbocycles. The fraction of sp³-hybridized carbons (Fsp3) is 0.300. The van der Waals surface area contributed by atoms with Gasteiger partial charge in [0.2, 0.25) is 11.8 Å². The maximum atomic E-state index is 12.4. The van der Waals surface area contributed by atoms with Crippen molar-refractivity contribution in [3.05, 3.63) is 64.1 Å². The standard InChI is InChI=1S/C20H21Cl2N3O2/c21-16-5-3-6-17(13-16)24-8-10-25(11-9-24)20(27)14-23-19(26)12-15-4-1-2-7-18(15)22/h1-7,13H,8-12,14H2,(H,23,26). The molecular weight excluding hydrogens is 385 g/mol. The average Bonchev–Trinajstić information content (AvgIpc) is 2.68. The molecule has 7 heteroatoms. The van der Waals surface area contributed by atoms with Crippen molar-refractivity contribution in [1.82, 2.24) is 10.2 Å². The van der Waals surface area contributed by atoms with Crippen LogP contribution in [-0.2, 0) is 16.0 Å². The van der Waals surface area contributed by atoms with Crippen molar-refractivity contribution in [2.75, 3.05) is 37.6 Å². The molecule has 1 fully saturated rings. The van der Waals surface area contributed by atoms with Crippen LogP contribution in [-0.4, -0.2) is 49.4 Å². The van der Waals surface area contributed by atoms with Gasteiger partial charge in [-0.25, -0.2) is 0 Å². The van der Waals surface area contributed by atoms with Crippen LogP contribution in [0, 0.1) is 0 Å². The third-order valence-electron chi connectivity index (χ3n) is 4.55. The lowest BCUT2D eigenvalue weighted by Crippen LogP contribution is -2.51. The van der Waals surface area contributed by atoms with Crippen LogP contribution in [0.5, 0.6) is 0 Å². The highest BCUT2D eigenvalue weighted by Crippen LogP contribution is 2.20. The Morgan fingerprint density at radius 2 is 1.70 bits per heavy atom. The first kappa shape index (κ1) is 19.5. The first-order valence-corrected chi connectivity index (χ1v) is 9.57. The van der Waals surface area contributed by atoms with Crippen LogP contribution in [0.2, 0.25) is 10.0 Å². The highest BCUT2D eigenvalue weighted by molar-refractivity contribution is 6.31. The molecule has 2 aromatic rings. The van der Waals surface area contributed by atoms with Gasteiger partial charge >= 0.3 is 0 Å². The summed E-state index contributed by atoms with van der Waals surface area (Å²) in [6, 6.07) is 14.9. The summed E-state index contributed by atoms with van der Waals surface area (Å²) in [4.78, 5) is 28.4. The van der Waals surface area contributed by atoms with Crippen LogP contribution in [0.4, 0.5) is 5.69 Å². The van der Waals surface area contributed by atoms with Crippen molar-refractivity contribution in [3.63, 3.8) is 0 Å². The number of anilines is 1. The molecule has 142 valence electrons. The highest BCUT2D eigenvalue weighted by Gasteiger charge is 2.21. The van der Waals surface area contributed by atoms with Gasteiger partial charge in [-0.15, -0.1) is 0 Å². The Morgan fingerprint density at radius 1 is 0.963 bits per heavy atom. The van der Waals surface area contributed by atoms with Gasteiger partial charge in [0.05, 0.1) is 13.0 Å². The van der Waals surface area contributed by atoms with Crippen LogP contribution in [0.25, 0.3) is 0 Å². The predicted molar refractivity (Wildman–Crippen MR) is 108 cm³/mol. The molecule has 0 saturated carbocycles. The number of hydrogen-bond donors (Lipinski definition) is 1. The summed E-state index contributed by atoms with van der Waals surface area (Å²) < 4.78 is 0. The number of carbonyl (C=O) groups excluding carboxylic acids is 2. The third-order valence-corrected chi connectivity index (χ3v) is 5.16. The van der Waals surface area contributed by atoms with Crippen LogP contribution >= 0.6 is 23.2 Å². The van der Waals surface area contributed by atoms with Crippen molar-refractivity contribution in [3.8, 4) is 0 Å². The minimum atomic E-state index is -0.214. The van der Waals surface area contributed by atoms with Crippen molar-refractivity contribution < 1.29 is 9.59 Å². The first-order chi connectivity index (χ1) is 13.0. The van der Waals surface area contributed by atoms with Gasteiger partial charge in [0, 0.05) is 41.9 Å². The molecule has 2 aromatic carbocycles. The fourth-order valence-corrected chi connectivity index (χ4v) is 3.44. The van der Waals surface area contributed by atoms with E-state index in [9.17, 15) is 9.59 Å². The van der Waals surface area contributed by atoms with E-state index in [0.717, 1.165) is 24.3 Å². The van der Waals surface area contributed by atoms with Gasteiger partial charge in [0.25, 0.3) is 0 Å². The molecule has 0 spiro atoms. The summed E-state index contributed by atoms with van der Waals surface area (Å²) in [6.07, 6.45) is 0.162. The molecule has 0 bridgehead atoms. The lowest BCUT2D eigenvalue weighted by Gasteiger charge is -2.36. The quantitative estimate of drug-likeness (QED) is 0.831. The molecule has 1 saturated heterocycles.